The van der Waals surface area contributed by atoms with Gasteiger partial charge >= 0.3 is 0 Å². The van der Waals surface area contributed by atoms with Gasteiger partial charge in [-0.2, -0.15) is 0 Å². The van der Waals surface area contributed by atoms with Crippen molar-refractivity contribution >= 4 is 11.6 Å². The Kier molecular flexibility index (Phi) is 7.26. The molecule has 1 N–H and O–H groups in total. The highest BCUT2D eigenvalue weighted by atomic mass is 16.5. The summed E-state index contributed by atoms with van der Waals surface area (Å²) in [6.45, 7) is 5.33. The molecule has 0 radical (unpaired) electrons. The molecule has 0 saturated heterocycles. The molecule has 0 aliphatic carbocycles. The van der Waals surface area contributed by atoms with Crippen molar-refractivity contribution in [3.8, 4) is 5.75 Å². The molecule has 0 spiro atoms. The Balaban J connectivity index is 1.68. The molecule has 1 amide bonds. The lowest BCUT2D eigenvalue weighted by atomic mass is 10.2. The van der Waals surface area contributed by atoms with Gasteiger partial charge in [-0.25, -0.2) is 0 Å². The van der Waals surface area contributed by atoms with E-state index in [9.17, 15) is 4.79 Å². The molecule has 1 heterocycles. The maximum absolute atomic E-state index is 12.2. The van der Waals surface area contributed by atoms with Crippen molar-refractivity contribution in [1.82, 2.24) is 9.88 Å². The summed E-state index contributed by atoms with van der Waals surface area (Å²) in [6.07, 6.45) is 5.03. The van der Waals surface area contributed by atoms with Crippen molar-refractivity contribution in [1.29, 1.82) is 0 Å². The van der Waals surface area contributed by atoms with E-state index in [0.29, 0.717) is 19.5 Å². The summed E-state index contributed by atoms with van der Waals surface area (Å²) in [5.41, 5.74) is 2.18. The van der Waals surface area contributed by atoms with Crippen molar-refractivity contribution in [3.05, 3.63) is 54.4 Å². The number of hydrogen-bond acceptors (Lipinski definition) is 4. The first-order valence-electron chi connectivity index (χ1n) is 8.68. The van der Waals surface area contributed by atoms with E-state index in [-0.39, 0.29) is 12.0 Å². The molecule has 5 heteroatoms. The second-order valence-corrected chi connectivity index (χ2v) is 6.29. The summed E-state index contributed by atoms with van der Waals surface area (Å²) in [7, 11) is 1.85. The van der Waals surface area contributed by atoms with Crippen LogP contribution < -0.4 is 10.1 Å². The zero-order chi connectivity index (χ0) is 18.1. The Morgan fingerprint density at radius 1 is 1.16 bits per heavy atom. The molecule has 0 atom stereocenters. The summed E-state index contributed by atoms with van der Waals surface area (Å²) in [5.74, 6) is 0.994. The van der Waals surface area contributed by atoms with Crippen LogP contribution in [0.15, 0.2) is 48.8 Å². The van der Waals surface area contributed by atoms with Gasteiger partial charge in [-0.05, 0) is 62.2 Å². The number of anilines is 1. The van der Waals surface area contributed by atoms with Crippen molar-refractivity contribution in [2.24, 2.45) is 0 Å². The molecule has 1 aromatic carbocycles. The van der Waals surface area contributed by atoms with Crippen LogP contribution in [0.25, 0.3) is 0 Å². The van der Waals surface area contributed by atoms with E-state index in [2.05, 4.69) is 10.3 Å². The summed E-state index contributed by atoms with van der Waals surface area (Å²) in [4.78, 5) is 18.0. The number of likely N-dealkylation sites (N-methyl/N-ethyl adjacent to an activating group) is 1. The number of carbonyl (C=O) groups is 1. The Morgan fingerprint density at radius 3 is 2.48 bits per heavy atom. The highest BCUT2D eigenvalue weighted by Gasteiger charge is 2.08. The van der Waals surface area contributed by atoms with Gasteiger partial charge in [0.2, 0.25) is 5.91 Å². The lowest BCUT2D eigenvalue weighted by Gasteiger charge is -2.17. The number of amides is 1. The van der Waals surface area contributed by atoms with Crippen LogP contribution >= 0.6 is 0 Å². The molecule has 134 valence electrons. The van der Waals surface area contributed by atoms with Crippen molar-refractivity contribution < 1.29 is 9.53 Å². The number of nitrogens with zero attached hydrogens (tertiary/aromatic N) is 2. The number of aromatic nitrogens is 1. The van der Waals surface area contributed by atoms with Gasteiger partial charge in [0, 0.05) is 44.6 Å². The number of pyridine rings is 1. The van der Waals surface area contributed by atoms with Crippen LogP contribution in [0.2, 0.25) is 0 Å². The molecule has 0 unspecified atom stereocenters. The summed E-state index contributed by atoms with van der Waals surface area (Å²) in [5, 5.41) is 3.27. The van der Waals surface area contributed by atoms with Crippen LogP contribution in [-0.4, -0.2) is 42.0 Å². The number of ether oxygens (including phenoxy) is 1. The van der Waals surface area contributed by atoms with Crippen LogP contribution in [-0.2, 0) is 11.2 Å². The molecular weight excluding hydrogens is 314 g/mol. The number of hydrogen-bond donors (Lipinski definition) is 1. The predicted octanol–water partition coefficient (Wildman–Crippen LogP) is 3.37. The summed E-state index contributed by atoms with van der Waals surface area (Å²) < 4.78 is 5.61. The van der Waals surface area contributed by atoms with Crippen molar-refractivity contribution in [3.63, 3.8) is 0 Å². The third-order valence-corrected chi connectivity index (χ3v) is 3.81. The molecular formula is C20H27N3O2. The topological polar surface area (TPSA) is 54.5 Å². The maximum atomic E-state index is 12.2. The zero-order valence-electron chi connectivity index (χ0n) is 15.2. The Morgan fingerprint density at radius 2 is 1.84 bits per heavy atom. The van der Waals surface area contributed by atoms with Gasteiger partial charge in [0.05, 0.1) is 6.10 Å². The Labute approximate surface area is 150 Å². The predicted molar refractivity (Wildman–Crippen MR) is 101 cm³/mol. The molecule has 0 fully saturated rings. The van der Waals surface area contributed by atoms with E-state index in [1.54, 1.807) is 17.3 Å². The Bertz CT molecular complexity index is 642. The van der Waals surface area contributed by atoms with E-state index < -0.39 is 0 Å². The summed E-state index contributed by atoms with van der Waals surface area (Å²) in [6, 6.07) is 11.8. The third kappa shape index (κ3) is 6.83. The van der Waals surface area contributed by atoms with Crippen LogP contribution in [0, 0.1) is 0 Å². The van der Waals surface area contributed by atoms with Crippen LogP contribution in [0.4, 0.5) is 5.69 Å². The van der Waals surface area contributed by atoms with Gasteiger partial charge in [0.25, 0.3) is 0 Å². The largest absolute Gasteiger partial charge is 0.491 e. The molecule has 25 heavy (non-hydrogen) atoms. The average molecular weight is 341 g/mol. The molecule has 2 rings (SSSR count). The first-order valence-corrected chi connectivity index (χ1v) is 8.68. The average Bonchev–Trinajstić information content (AvgIpc) is 2.61. The van der Waals surface area contributed by atoms with Crippen molar-refractivity contribution in [2.45, 2.75) is 32.8 Å². The normalized spacial score (nSPS) is 10.6. The quantitative estimate of drug-likeness (QED) is 0.760. The molecule has 0 bridgehead atoms. The van der Waals surface area contributed by atoms with E-state index in [1.165, 1.54) is 5.56 Å². The van der Waals surface area contributed by atoms with E-state index in [4.69, 9.17) is 4.74 Å². The van der Waals surface area contributed by atoms with E-state index in [0.717, 1.165) is 17.9 Å². The van der Waals surface area contributed by atoms with Gasteiger partial charge in [-0.1, -0.05) is 0 Å². The molecule has 5 nitrogen and oxygen atoms in total. The maximum Gasteiger partial charge on any atom is 0.224 e. The van der Waals surface area contributed by atoms with Crippen molar-refractivity contribution in [2.75, 3.05) is 25.5 Å². The molecule has 0 aliphatic heterocycles. The van der Waals surface area contributed by atoms with Crippen LogP contribution in [0.3, 0.4) is 0 Å². The molecule has 0 saturated carbocycles. The minimum Gasteiger partial charge on any atom is -0.491 e. The minimum atomic E-state index is 0.140. The first-order chi connectivity index (χ1) is 12.0. The van der Waals surface area contributed by atoms with Crippen LogP contribution in [0.5, 0.6) is 5.75 Å². The van der Waals surface area contributed by atoms with Gasteiger partial charge in [-0.15, -0.1) is 0 Å². The highest BCUT2D eigenvalue weighted by molar-refractivity contribution is 5.76. The van der Waals surface area contributed by atoms with Crippen LogP contribution in [0.1, 0.15) is 25.8 Å². The zero-order valence-corrected chi connectivity index (χ0v) is 15.2. The highest BCUT2D eigenvalue weighted by Crippen LogP contribution is 2.16. The fraction of sp³-hybridized carbons (Fsp3) is 0.400. The SMILES string of the molecule is CC(C)Oc1ccc(NCCC(=O)N(C)CCc2ccncc2)cc1. The number of nitrogens with one attached hydrogen (secondary N) is 1. The van der Waals surface area contributed by atoms with Gasteiger partial charge in [0.15, 0.2) is 0 Å². The fourth-order valence-electron chi connectivity index (χ4n) is 2.40. The standard InChI is InChI=1S/C20H27N3O2/c1-16(2)25-19-6-4-18(5-7-19)22-14-10-20(24)23(3)15-11-17-8-12-21-13-9-17/h4-9,12-13,16,22H,10-11,14-15H2,1-3H3. The monoisotopic (exact) mass is 341 g/mol. The smallest absolute Gasteiger partial charge is 0.224 e. The van der Waals surface area contributed by atoms with Gasteiger partial charge in [0.1, 0.15) is 5.75 Å². The lowest BCUT2D eigenvalue weighted by Crippen LogP contribution is -2.30. The molecule has 0 aliphatic rings. The third-order valence-electron chi connectivity index (χ3n) is 3.81. The van der Waals surface area contributed by atoms with Gasteiger partial charge < -0.3 is 15.0 Å². The second-order valence-electron chi connectivity index (χ2n) is 6.29. The second kappa shape index (κ2) is 9.67. The van der Waals surface area contributed by atoms with E-state index in [1.807, 2.05) is 57.3 Å². The van der Waals surface area contributed by atoms with E-state index >= 15 is 0 Å². The minimum absolute atomic E-state index is 0.140. The molecule has 2 aromatic rings. The first kappa shape index (κ1) is 18.8. The lowest BCUT2D eigenvalue weighted by molar-refractivity contribution is -0.129. The Hall–Kier alpha value is -2.56. The number of carbonyl (C=O) groups excluding carboxylic acids is 1. The summed E-state index contributed by atoms with van der Waals surface area (Å²) >= 11 is 0. The fourth-order valence-corrected chi connectivity index (χ4v) is 2.40. The van der Waals surface area contributed by atoms with Gasteiger partial charge in [-0.3, -0.25) is 9.78 Å². The number of benzene rings is 1. The molecule has 1 aromatic heterocycles. The number of rotatable bonds is 9.